The molecular weight excluding hydrogens is 988 g/mol. The predicted octanol–water partition coefficient (Wildman–Crippen LogP) is 14.3. The molecule has 0 spiro atoms. The second-order valence-electron chi connectivity index (χ2n) is 16.5. The van der Waals surface area contributed by atoms with E-state index < -0.39 is 5.41 Å². The second-order valence-corrected chi connectivity index (χ2v) is 16.5. The van der Waals surface area contributed by atoms with Gasteiger partial charge in [-0.15, -0.1) is 6.42 Å². The van der Waals surface area contributed by atoms with Crippen LogP contribution in [-0.4, -0.2) is 6.61 Å². The van der Waals surface area contributed by atoms with E-state index in [1.165, 1.54) is 67.8 Å². The molecule has 10 rings (SSSR count). The van der Waals surface area contributed by atoms with Gasteiger partial charge in [-0.1, -0.05) is 109 Å². The summed E-state index contributed by atoms with van der Waals surface area (Å²) in [6.07, 6.45) is 73.9. The fraction of sp³-hybridized carbons (Fsp3) is 0.0746. The topological polar surface area (TPSA) is 9.23 Å². The summed E-state index contributed by atoms with van der Waals surface area (Å²) in [5.74, 6) is 6.93. The van der Waals surface area contributed by atoms with Crippen LogP contribution in [0.25, 0.3) is 18.2 Å². The Morgan fingerprint density at radius 1 is 0.366 bits per heavy atom. The Morgan fingerprint density at radius 2 is 0.634 bits per heavy atom. The smallest absolute Gasteiger partial charge is 0.481 e. The molecule has 0 saturated heterocycles. The largest absolute Gasteiger partial charge is 2.00 e. The molecule has 0 heterocycles. The van der Waals surface area contributed by atoms with E-state index in [2.05, 4.69) is 207 Å². The van der Waals surface area contributed by atoms with Gasteiger partial charge in [0.25, 0.3) is 0 Å². The van der Waals surface area contributed by atoms with Crippen molar-refractivity contribution in [3.63, 3.8) is 0 Å². The molecule has 0 aliphatic heterocycles. The zero-order chi connectivity index (χ0) is 47.2. The minimum Gasteiger partial charge on any atom is -0.481 e. The van der Waals surface area contributed by atoms with Crippen LogP contribution in [0.3, 0.4) is 0 Å². The molecule has 71 heavy (non-hydrogen) atoms. The monoisotopic (exact) mass is 1050 g/mol. The Hall–Kier alpha value is -2.98. The van der Waals surface area contributed by atoms with E-state index in [1.807, 2.05) is 108 Å². The molecule has 0 N–H and O–H groups in total. The van der Waals surface area contributed by atoms with Gasteiger partial charge in [0.05, 0.1) is 5.41 Å². The molecular formula is C67H58Fe3O+6. The van der Waals surface area contributed by atoms with Gasteiger partial charge >= 0.3 is 51.2 Å². The van der Waals surface area contributed by atoms with Crippen molar-refractivity contribution in [2.75, 3.05) is 6.61 Å². The number of benzene rings is 4. The molecule has 30 radical (unpaired) electrons. The van der Waals surface area contributed by atoms with Crippen molar-refractivity contribution in [1.29, 1.82) is 0 Å². The third-order valence-electron chi connectivity index (χ3n) is 11.8. The summed E-state index contributed by atoms with van der Waals surface area (Å²) in [6.45, 7) is 6.85. The van der Waals surface area contributed by atoms with Crippen LogP contribution in [0.5, 0.6) is 5.75 Å². The molecule has 0 unspecified atom stereocenters. The van der Waals surface area contributed by atoms with Crippen LogP contribution in [0.1, 0.15) is 55.6 Å². The van der Waals surface area contributed by atoms with Crippen molar-refractivity contribution in [1.82, 2.24) is 0 Å². The van der Waals surface area contributed by atoms with E-state index in [1.54, 1.807) is 0 Å². The first-order valence-corrected chi connectivity index (χ1v) is 23.1. The fourth-order valence-corrected chi connectivity index (χ4v) is 8.23. The van der Waals surface area contributed by atoms with E-state index in [0.717, 1.165) is 11.3 Å². The molecule has 6 aliphatic carbocycles. The van der Waals surface area contributed by atoms with Crippen LogP contribution in [0.15, 0.2) is 97.1 Å². The van der Waals surface area contributed by atoms with Gasteiger partial charge in [-0.05, 0) is 262 Å². The molecule has 4 heteroatoms. The maximum absolute atomic E-state index is 5.86. The zero-order valence-electron chi connectivity index (χ0n) is 40.3. The standard InChI is InChI=1S/C52H43O.3C5H5.3Fe/c1-5-34-53-51-32-30-47(31-33-51)52(48-27-24-44(38(2)35-48)21-18-41-12-6-7-13-41,49-28-25-45(39(3)36-49)22-19-42-14-8-9-15-42)50-29-26-46(40(4)37-50)23-20-43-16-10-11-17-43;3*1-2-4-5-3-1;;;/h1,6-33,35-37H,34H2,2-4H3;3*1-5H;;;/q;;;;3*+2/b21-18+,22-19+,23-20+;;;;;;. The fourth-order valence-electron chi connectivity index (χ4n) is 8.23. The van der Waals surface area contributed by atoms with Crippen LogP contribution in [0.4, 0.5) is 0 Å². The van der Waals surface area contributed by atoms with Crippen LogP contribution in [0.2, 0.25) is 0 Å². The maximum atomic E-state index is 5.86. The SMILES string of the molecule is C#CCOc1ccc(C(c2ccc(/C=C/[C]3[CH][CH][CH][CH]3)c(C)c2)(c2ccc(/C=C/[C]3[CH][CH][CH][CH]3)c(C)c2)c2ccc(/C=C/[C]3[CH][CH][CH][CH]3)c(C)c2)cc1.[CH]1[CH][CH][CH][CH]1.[CH]1[CH][CH][CH][CH]1.[CH]1[CH][CH][CH][CH]1.[Fe+2].[Fe+2].[Fe+2]. The van der Waals surface area contributed by atoms with Crippen molar-refractivity contribution in [3.8, 4) is 18.1 Å². The first-order valence-electron chi connectivity index (χ1n) is 23.1. The molecule has 0 atom stereocenters. The molecule has 1 nitrogen and oxygen atoms in total. The number of hydrogen-bond donors (Lipinski definition) is 0. The number of aryl methyl sites for hydroxylation is 3. The van der Waals surface area contributed by atoms with Crippen LogP contribution in [0, 0.1) is 224 Å². The third-order valence-corrected chi connectivity index (χ3v) is 11.8. The minimum atomic E-state index is -0.652. The van der Waals surface area contributed by atoms with Crippen molar-refractivity contribution in [2.45, 2.75) is 26.2 Å². The number of ether oxygens (including phenoxy) is 1. The summed E-state index contributed by atoms with van der Waals surface area (Å²) in [4.78, 5) is 0. The van der Waals surface area contributed by atoms with Gasteiger partial charge in [0.15, 0.2) is 0 Å². The molecule has 0 amide bonds. The molecule has 4 aromatic rings. The maximum Gasteiger partial charge on any atom is 2.00 e. The van der Waals surface area contributed by atoms with E-state index in [0.29, 0.717) is 0 Å². The summed E-state index contributed by atoms with van der Waals surface area (Å²) in [5, 5.41) is 0. The van der Waals surface area contributed by atoms with Gasteiger partial charge in [0.2, 0.25) is 0 Å². The Morgan fingerprint density at radius 3 is 0.887 bits per heavy atom. The van der Waals surface area contributed by atoms with Gasteiger partial charge in [-0.25, -0.2) is 0 Å². The zero-order valence-corrected chi connectivity index (χ0v) is 43.6. The molecule has 0 bridgehead atoms. The first kappa shape index (κ1) is 60.6. The van der Waals surface area contributed by atoms with Gasteiger partial charge in [0.1, 0.15) is 12.4 Å². The molecule has 6 saturated carbocycles. The second kappa shape index (κ2) is 33.0. The Balaban J connectivity index is 0.000000519. The van der Waals surface area contributed by atoms with Gasteiger partial charge < -0.3 is 4.74 Å². The Labute approximate surface area is 465 Å². The molecule has 4 aromatic carbocycles. The normalized spacial score (nSPS) is 18.2. The minimum absolute atomic E-state index is 0. The van der Waals surface area contributed by atoms with Crippen molar-refractivity contribution in [3.05, 3.63) is 344 Å². The number of rotatable bonds is 12. The van der Waals surface area contributed by atoms with E-state index in [4.69, 9.17) is 11.2 Å². The van der Waals surface area contributed by atoms with Crippen LogP contribution >= 0.6 is 0 Å². The number of terminal acetylenes is 1. The van der Waals surface area contributed by atoms with Crippen molar-refractivity contribution < 1.29 is 55.9 Å². The van der Waals surface area contributed by atoms with Gasteiger partial charge in [-0.2, -0.15) is 0 Å². The van der Waals surface area contributed by atoms with Crippen LogP contribution in [-0.2, 0) is 56.6 Å². The van der Waals surface area contributed by atoms with E-state index in [9.17, 15) is 0 Å². The molecule has 6 fully saturated rings. The third kappa shape index (κ3) is 18.1. The van der Waals surface area contributed by atoms with Gasteiger partial charge in [0, 0.05) is 17.8 Å². The Bertz CT molecular complexity index is 2020. The quantitative estimate of drug-likeness (QED) is 0.0781. The van der Waals surface area contributed by atoms with E-state index >= 15 is 0 Å². The predicted molar refractivity (Wildman–Crippen MR) is 286 cm³/mol. The van der Waals surface area contributed by atoms with Crippen molar-refractivity contribution >= 4 is 18.2 Å². The molecule has 6 aliphatic rings. The summed E-state index contributed by atoms with van der Waals surface area (Å²) >= 11 is 0. The van der Waals surface area contributed by atoms with Crippen LogP contribution < -0.4 is 4.74 Å². The average molecular weight is 1050 g/mol. The number of hydrogen-bond acceptors (Lipinski definition) is 1. The summed E-state index contributed by atoms with van der Waals surface area (Å²) in [5.41, 5.74) is 11.3. The average Bonchev–Trinajstić information content (AvgIpc) is 4.23. The van der Waals surface area contributed by atoms with Crippen molar-refractivity contribution in [2.24, 2.45) is 0 Å². The summed E-state index contributed by atoms with van der Waals surface area (Å²) in [7, 11) is 0. The van der Waals surface area contributed by atoms with Gasteiger partial charge in [-0.3, -0.25) is 0 Å². The summed E-state index contributed by atoms with van der Waals surface area (Å²) < 4.78 is 5.86. The first-order chi connectivity index (χ1) is 33.4. The molecule has 350 valence electrons. The number of allylic oxidation sites excluding steroid dienone is 3. The molecule has 0 aromatic heterocycles. The van der Waals surface area contributed by atoms with E-state index in [-0.39, 0.29) is 57.8 Å². The summed E-state index contributed by atoms with van der Waals surface area (Å²) in [6, 6.07) is 29.3. The Kier molecular flexibility index (Phi) is 28.2.